The van der Waals surface area contributed by atoms with E-state index in [4.69, 9.17) is 11.6 Å². The van der Waals surface area contributed by atoms with Crippen molar-refractivity contribution in [3.05, 3.63) is 56.6 Å². The lowest BCUT2D eigenvalue weighted by Gasteiger charge is -2.06. The van der Waals surface area contributed by atoms with Gasteiger partial charge in [-0.05, 0) is 53.3 Å². The zero-order chi connectivity index (χ0) is 12.8. The zero-order valence-corrected chi connectivity index (χ0v) is 12.7. The van der Waals surface area contributed by atoms with E-state index in [1.54, 1.807) is 16.2 Å². The van der Waals surface area contributed by atoms with Crippen LogP contribution in [0.1, 0.15) is 32.7 Å². The molecule has 0 aliphatic heterocycles. The van der Waals surface area contributed by atoms with Crippen molar-refractivity contribution in [2.24, 2.45) is 0 Å². The maximum absolute atomic E-state index is 6.74. The lowest BCUT2D eigenvalue weighted by atomic mass is 10.1. The van der Waals surface area contributed by atoms with Crippen LogP contribution in [0.3, 0.4) is 0 Å². The highest BCUT2D eigenvalue weighted by molar-refractivity contribution is 7.17. The predicted octanol–water partition coefficient (Wildman–Crippen LogP) is 5.78. The van der Waals surface area contributed by atoms with Crippen molar-refractivity contribution < 1.29 is 0 Å². The Morgan fingerprint density at radius 2 is 2.05 bits per heavy atom. The molecule has 0 N–H and O–H groups in total. The molecule has 0 spiro atoms. The van der Waals surface area contributed by atoms with Crippen molar-refractivity contribution in [1.82, 2.24) is 0 Å². The van der Waals surface area contributed by atoms with Crippen LogP contribution in [0.4, 0.5) is 0 Å². The molecule has 2 heterocycles. The van der Waals surface area contributed by atoms with Gasteiger partial charge in [0.05, 0.1) is 5.38 Å². The fourth-order valence-electron chi connectivity index (χ4n) is 2.82. The first-order chi connectivity index (χ1) is 9.33. The van der Waals surface area contributed by atoms with Gasteiger partial charge in [0.15, 0.2) is 0 Å². The minimum Gasteiger partial charge on any atom is -0.143 e. The van der Waals surface area contributed by atoms with Crippen LogP contribution >= 0.6 is 34.3 Å². The van der Waals surface area contributed by atoms with Gasteiger partial charge in [-0.25, -0.2) is 0 Å². The van der Waals surface area contributed by atoms with Gasteiger partial charge in [0, 0.05) is 14.5 Å². The first-order valence-corrected chi connectivity index (χ1v) is 8.68. The molecule has 1 atom stereocenters. The monoisotopic (exact) mass is 304 g/mol. The van der Waals surface area contributed by atoms with E-state index in [0.29, 0.717) is 0 Å². The minimum absolute atomic E-state index is 0.00625. The first-order valence-electron chi connectivity index (χ1n) is 6.54. The van der Waals surface area contributed by atoms with Crippen LogP contribution in [-0.4, -0.2) is 0 Å². The summed E-state index contributed by atoms with van der Waals surface area (Å²) in [7, 11) is 0. The number of hydrogen-bond acceptors (Lipinski definition) is 2. The average molecular weight is 305 g/mol. The van der Waals surface area contributed by atoms with E-state index in [9.17, 15) is 0 Å². The highest BCUT2D eigenvalue weighted by Crippen LogP contribution is 2.42. The van der Waals surface area contributed by atoms with Crippen LogP contribution in [-0.2, 0) is 12.8 Å². The average Bonchev–Trinajstić information content (AvgIpc) is 3.11. The van der Waals surface area contributed by atoms with Crippen LogP contribution in [0.5, 0.6) is 0 Å². The summed E-state index contributed by atoms with van der Waals surface area (Å²) in [4.78, 5) is 2.87. The predicted molar refractivity (Wildman–Crippen MR) is 85.9 cm³/mol. The lowest BCUT2D eigenvalue weighted by molar-refractivity contribution is 0.913. The summed E-state index contributed by atoms with van der Waals surface area (Å²) >= 11 is 10.4. The summed E-state index contributed by atoms with van der Waals surface area (Å²) in [5.41, 5.74) is 2.80. The van der Waals surface area contributed by atoms with E-state index in [2.05, 4.69) is 35.7 Å². The van der Waals surface area contributed by atoms with Crippen LogP contribution < -0.4 is 0 Å². The van der Waals surface area contributed by atoms with Crippen LogP contribution in [0, 0.1) is 0 Å². The Labute approximate surface area is 125 Å². The Kier molecular flexibility index (Phi) is 2.91. The number of thiophene rings is 2. The normalized spacial score (nSPS) is 15.8. The van der Waals surface area contributed by atoms with E-state index in [1.807, 2.05) is 11.3 Å². The van der Waals surface area contributed by atoms with Crippen molar-refractivity contribution >= 4 is 44.4 Å². The highest BCUT2D eigenvalue weighted by Gasteiger charge is 2.21. The number of aryl methyl sites for hydroxylation is 2. The van der Waals surface area contributed by atoms with Gasteiger partial charge in [-0.2, -0.15) is 0 Å². The molecule has 0 nitrogen and oxygen atoms in total. The zero-order valence-electron chi connectivity index (χ0n) is 10.4. The molecule has 1 unspecified atom stereocenters. The van der Waals surface area contributed by atoms with Gasteiger partial charge >= 0.3 is 0 Å². The van der Waals surface area contributed by atoms with Gasteiger partial charge in [-0.15, -0.1) is 34.3 Å². The summed E-state index contributed by atoms with van der Waals surface area (Å²) in [6.45, 7) is 0. The Balaban J connectivity index is 1.78. The largest absolute Gasteiger partial charge is 0.143 e. The molecule has 3 heteroatoms. The van der Waals surface area contributed by atoms with Crippen LogP contribution in [0.2, 0.25) is 0 Å². The maximum atomic E-state index is 6.74. The smallest absolute Gasteiger partial charge is 0.0941 e. The van der Waals surface area contributed by atoms with E-state index in [0.717, 1.165) is 0 Å². The molecule has 0 saturated heterocycles. The molecule has 1 aromatic carbocycles. The summed E-state index contributed by atoms with van der Waals surface area (Å²) < 4.78 is 1.33. The van der Waals surface area contributed by atoms with Gasteiger partial charge in [-0.3, -0.25) is 0 Å². The second kappa shape index (κ2) is 4.62. The van der Waals surface area contributed by atoms with Crippen LogP contribution in [0.25, 0.3) is 10.1 Å². The summed E-state index contributed by atoms with van der Waals surface area (Å²) in [5.74, 6) is 0. The third-order valence-electron chi connectivity index (χ3n) is 3.80. The maximum Gasteiger partial charge on any atom is 0.0941 e. The highest BCUT2D eigenvalue weighted by atomic mass is 35.5. The number of halogens is 1. The molecule has 0 bridgehead atoms. The molecule has 19 heavy (non-hydrogen) atoms. The van der Waals surface area contributed by atoms with Gasteiger partial charge < -0.3 is 0 Å². The van der Waals surface area contributed by atoms with Gasteiger partial charge in [0.1, 0.15) is 0 Å². The standard InChI is InChI=1S/C16H13ClS2/c17-16(15-8-10-4-3-7-13(10)19-15)12-9-18-14-6-2-1-5-11(12)14/h1-2,5-6,8-9,16H,3-4,7H2. The number of alkyl halides is 1. The Bertz CT molecular complexity index is 717. The number of rotatable bonds is 2. The topological polar surface area (TPSA) is 0 Å². The third kappa shape index (κ3) is 1.94. The molecule has 1 aliphatic rings. The minimum atomic E-state index is 0.00625. The quantitative estimate of drug-likeness (QED) is 0.526. The number of fused-ring (bicyclic) bond motifs is 2. The Hall–Kier alpha value is -0.830. The van der Waals surface area contributed by atoms with Crippen molar-refractivity contribution in [3.63, 3.8) is 0 Å². The second-order valence-corrected chi connectivity index (χ2v) is 7.52. The van der Waals surface area contributed by atoms with E-state index in [1.165, 1.54) is 45.4 Å². The van der Waals surface area contributed by atoms with Gasteiger partial charge in [0.2, 0.25) is 0 Å². The van der Waals surface area contributed by atoms with Crippen molar-refractivity contribution in [1.29, 1.82) is 0 Å². The summed E-state index contributed by atoms with van der Waals surface area (Å²) in [6, 6.07) is 10.9. The molecule has 0 amide bonds. The van der Waals surface area contributed by atoms with Crippen molar-refractivity contribution in [3.8, 4) is 0 Å². The number of hydrogen-bond donors (Lipinski definition) is 0. The summed E-state index contributed by atoms with van der Waals surface area (Å²) in [6.07, 6.45) is 3.80. The molecule has 3 aromatic rings. The Morgan fingerprint density at radius 3 is 2.95 bits per heavy atom. The first kappa shape index (κ1) is 12.0. The molecule has 1 aliphatic carbocycles. The lowest BCUT2D eigenvalue weighted by Crippen LogP contribution is -1.88. The molecule has 96 valence electrons. The van der Waals surface area contributed by atoms with Gasteiger partial charge in [0.25, 0.3) is 0 Å². The molecule has 0 saturated carbocycles. The Morgan fingerprint density at radius 1 is 1.16 bits per heavy atom. The summed E-state index contributed by atoms with van der Waals surface area (Å²) in [5, 5.41) is 3.53. The second-order valence-electron chi connectivity index (χ2n) is 5.00. The molecular formula is C16H13ClS2. The van der Waals surface area contributed by atoms with E-state index >= 15 is 0 Å². The van der Waals surface area contributed by atoms with Crippen molar-refractivity contribution in [2.45, 2.75) is 24.6 Å². The van der Waals surface area contributed by atoms with Gasteiger partial charge in [-0.1, -0.05) is 18.2 Å². The SMILES string of the molecule is ClC(c1cc2c(s1)CCC2)c1csc2ccccc12. The van der Waals surface area contributed by atoms with E-state index in [-0.39, 0.29) is 5.38 Å². The molecule has 0 fully saturated rings. The molecule has 0 radical (unpaired) electrons. The number of benzene rings is 1. The van der Waals surface area contributed by atoms with Crippen molar-refractivity contribution in [2.75, 3.05) is 0 Å². The van der Waals surface area contributed by atoms with Crippen LogP contribution in [0.15, 0.2) is 35.7 Å². The fourth-order valence-corrected chi connectivity index (χ4v) is 5.52. The molecular weight excluding hydrogens is 292 g/mol. The fraction of sp³-hybridized carbons (Fsp3) is 0.250. The molecule has 4 rings (SSSR count). The van der Waals surface area contributed by atoms with E-state index < -0.39 is 0 Å². The molecule has 2 aromatic heterocycles. The third-order valence-corrected chi connectivity index (χ3v) is 6.68.